The first kappa shape index (κ1) is 18.1. The number of sulfone groups is 1. The summed E-state index contributed by atoms with van der Waals surface area (Å²) in [5.74, 6) is 0.400. The largest absolute Gasteiger partial charge is 0.495 e. The standard InChI is InChI=1S/C19H18N2O4S2/c1-25-16-10-6-5-9-14(16)21-15-11-27(23,24)12-17(15)26-19(21)20-18(22)13-7-3-2-4-8-13/h2-10,15,17H,11-12H2,1H3/t15-,17+/m0/s1. The van der Waals surface area contributed by atoms with Crippen molar-refractivity contribution in [3.8, 4) is 5.75 Å². The molecule has 2 atom stereocenters. The number of rotatable bonds is 3. The molecule has 4 rings (SSSR count). The van der Waals surface area contributed by atoms with Crippen molar-refractivity contribution in [1.29, 1.82) is 0 Å². The zero-order chi connectivity index (χ0) is 19.0. The molecule has 8 heteroatoms. The number of hydrogen-bond donors (Lipinski definition) is 0. The summed E-state index contributed by atoms with van der Waals surface area (Å²) in [6.07, 6.45) is 0. The lowest BCUT2D eigenvalue weighted by Gasteiger charge is -2.26. The molecule has 1 amide bonds. The van der Waals surface area contributed by atoms with Crippen LogP contribution in [0.1, 0.15) is 10.4 Å². The van der Waals surface area contributed by atoms with Crippen LogP contribution in [0.3, 0.4) is 0 Å². The maximum Gasteiger partial charge on any atom is 0.279 e. The Hall–Kier alpha value is -2.32. The van der Waals surface area contributed by atoms with Gasteiger partial charge < -0.3 is 9.64 Å². The molecule has 2 saturated heterocycles. The summed E-state index contributed by atoms with van der Waals surface area (Å²) in [7, 11) is -1.55. The van der Waals surface area contributed by atoms with E-state index >= 15 is 0 Å². The maximum atomic E-state index is 12.6. The Balaban J connectivity index is 1.77. The lowest BCUT2D eigenvalue weighted by molar-refractivity contribution is 0.100. The molecule has 2 aromatic rings. The Morgan fingerprint density at radius 3 is 2.56 bits per heavy atom. The van der Waals surface area contributed by atoms with E-state index in [1.54, 1.807) is 31.4 Å². The number of benzene rings is 2. The topological polar surface area (TPSA) is 76.0 Å². The number of amides is 1. The normalized spacial score (nSPS) is 24.8. The van der Waals surface area contributed by atoms with Crippen molar-refractivity contribution in [1.82, 2.24) is 0 Å². The van der Waals surface area contributed by atoms with Gasteiger partial charge >= 0.3 is 0 Å². The fraction of sp³-hybridized carbons (Fsp3) is 0.263. The number of methoxy groups -OCH3 is 1. The highest BCUT2D eigenvalue weighted by Crippen LogP contribution is 2.43. The molecule has 2 aliphatic rings. The van der Waals surface area contributed by atoms with E-state index in [1.165, 1.54) is 11.8 Å². The van der Waals surface area contributed by atoms with Gasteiger partial charge in [-0.05, 0) is 24.3 Å². The molecule has 0 aromatic heterocycles. The fourth-order valence-corrected chi connectivity index (χ4v) is 7.31. The summed E-state index contributed by atoms with van der Waals surface area (Å²) in [6, 6.07) is 15.9. The van der Waals surface area contributed by atoms with E-state index in [2.05, 4.69) is 4.99 Å². The second kappa shape index (κ2) is 7.01. The third-order valence-corrected chi connectivity index (χ3v) is 7.84. The molecule has 0 aliphatic carbocycles. The van der Waals surface area contributed by atoms with Crippen molar-refractivity contribution in [3.05, 3.63) is 60.2 Å². The summed E-state index contributed by atoms with van der Waals surface area (Å²) in [5.41, 5.74) is 1.21. The molecule has 27 heavy (non-hydrogen) atoms. The first-order chi connectivity index (χ1) is 13.0. The number of ether oxygens (including phenoxy) is 1. The van der Waals surface area contributed by atoms with Crippen LogP contribution in [0.15, 0.2) is 59.6 Å². The first-order valence-corrected chi connectivity index (χ1v) is 11.2. The van der Waals surface area contributed by atoms with E-state index in [4.69, 9.17) is 4.74 Å². The van der Waals surface area contributed by atoms with E-state index in [0.717, 1.165) is 5.69 Å². The molecule has 140 valence electrons. The third-order valence-electron chi connectivity index (χ3n) is 4.63. The van der Waals surface area contributed by atoms with E-state index in [1.807, 2.05) is 35.2 Å². The number of fused-ring (bicyclic) bond motifs is 1. The summed E-state index contributed by atoms with van der Waals surface area (Å²) in [4.78, 5) is 18.8. The predicted octanol–water partition coefficient (Wildman–Crippen LogP) is 2.61. The van der Waals surface area contributed by atoms with Gasteiger partial charge in [0.05, 0.1) is 30.3 Å². The number of aliphatic imine (C=N–C) groups is 1. The van der Waals surface area contributed by atoms with E-state index in [9.17, 15) is 13.2 Å². The van der Waals surface area contributed by atoms with Crippen molar-refractivity contribution >= 4 is 38.4 Å². The van der Waals surface area contributed by atoms with Crippen molar-refractivity contribution in [3.63, 3.8) is 0 Å². The predicted molar refractivity (Wildman–Crippen MR) is 108 cm³/mol. The van der Waals surface area contributed by atoms with Crippen LogP contribution in [0.5, 0.6) is 5.75 Å². The van der Waals surface area contributed by atoms with Gasteiger partial charge in [0.25, 0.3) is 5.91 Å². The van der Waals surface area contributed by atoms with Crippen LogP contribution in [0.4, 0.5) is 5.69 Å². The van der Waals surface area contributed by atoms with Gasteiger partial charge in [-0.1, -0.05) is 42.1 Å². The number of carbonyl (C=O) groups excluding carboxylic acids is 1. The summed E-state index contributed by atoms with van der Waals surface area (Å²) in [5, 5.41) is 0.362. The molecule has 0 N–H and O–H groups in total. The zero-order valence-electron chi connectivity index (χ0n) is 14.6. The molecule has 0 spiro atoms. The highest BCUT2D eigenvalue weighted by Gasteiger charge is 2.50. The minimum Gasteiger partial charge on any atom is -0.495 e. The average molecular weight is 402 g/mol. The van der Waals surface area contributed by atoms with Crippen molar-refractivity contribution in [2.75, 3.05) is 23.5 Å². The maximum absolute atomic E-state index is 12.6. The molecule has 0 radical (unpaired) electrons. The van der Waals surface area contributed by atoms with Gasteiger partial charge in [-0.2, -0.15) is 4.99 Å². The van der Waals surface area contributed by atoms with Gasteiger partial charge in [0.15, 0.2) is 15.0 Å². The number of para-hydroxylation sites is 2. The Kier molecular flexibility index (Phi) is 4.69. The van der Waals surface area contributed by atoms with Gasteiger partial charge in [-0.25, -0.2) is 8.42 Å². The molecular formula is C19H18N2O4S2. The van der Waals surface area contributed by atoms with Gasteiger partial charge in [-0.15, -0.1) is 0 Å². The van der Waals surface area contributed by atoms with Gasteiger partial charge in [0.2, 0.25) is 0 Å². The highest BCUT2D eigenvalue weighted by molar-refractivity contribution is 8.16. The van der Waals surface area contributed by atoms with Gasteiger partial charge in [0, 0.05) is 10.8 Å². The number of carbonyl (C=O) groups is 1. The van der Waals surface area contributed by atoms with E-state index in [-0.39, 0.29) is 28.7 Å². The lowest BCUT2D eigenvalue weighted by atomic mass is 10.2. The number of hydrogen-bond acceptors (Lipinski definition) is 5. The van der Waals surface area contributed by atoms with Gasteiger partial charge in [0.1, 0.15) is 5.75 Å². The van der Waals surface area contributed by atoms with Crippen molar-refractivity contribution < 1.29 is 17.9 Å². The van der Waals surface area contributed by atoms with Gasteiger partial charge in [-0.3, -0.25) is 4.79 Å². The second-order valence-electron chi connectivity index (χ2n) is 6.41. The highest BCUT2D eigenvalue weighted by atomic mass is 32.2. The molecular weight excluding hydrogens is 384 g/mol. The van der Waals surface area contributed by atoms with Crippen LogP contribution in [0, 0.1) is 0 Å². The first-order valence-electron chi connectivity index (χ1n) is 8.46. The van der Waals surface area contributed by atoms with Crippen LogP contribution >= 0.6 is 11.8 Å². The van der Waals surface area contributed by atoms with Crippen LogP contribution in [-0.4, -0.2) is 49.4 Å². The zero-order valence-corrected chi connectivity index (χ0v) is 16.2. The average Bonchev–Trinajstić information content (AvgIpc) is 3.13. The van der Waals surface area contributed by atoms with Crippen LogP contribution in [0.2, 0.25) is 0 Å². The molecule has 0 saturated carbocycles. The monoisotopic (exact) mass is 402 g/mol. The minimum atomic E-state index is -3.11. The number of thioether (sulfide) groups is 1. The molecule has 2 heterocycles. The Bertz CT molecular complexity index is 1010. The minimum absolute atomic E-state index is 0.0429. The Labute approximate surface area is 162 Å². The second-order valence-corrected chi connectivity index (χ2v) is 9.77. The van der Waals surface area contributed by atoms with Crippen LogP contribution in [-0.2, 0) is 9.84 Å². The van der Waals surface area contributed by atoms with Crippen molar-refractivity contribution in [2.24, 2.45) is 4.99 Å². The summed E-state index contributed by atoms with van der Waals surface area (Å²) < 4.78 is 29.8. The van der Waals surface area contributed by atoms with E-state index < -0.39 is 9.84 Å². The third kappa shape index (κ3) is 3.46. The van der Waals surface area contributed by atoms with Crippen molar-refractivity contribution in [2.45, 2.75) is 11.3 Å². The van der Waals surface area contributed by atoms with Crippen LogP contribution < -0.4 is 9.64 Å². The summed E-state index contributed by atoms with van der Waals surface area (Å²) >= 11 is 1.35. The SMILES string of the molecule is COc1ccccc1N1C(=NC(=O)c2ccccc2)S[C@@H]2CS(=O)(=O)C[C@@H]21. The molecule has 2 fully saturated rings. The van der Waals surface area contributed by atoms with E-state index in [0.29, 0.717) is 16.5 Å². The Morgan fingerprint density at radius 2 is 1.81 bits per heavy atom. The van der Waals surface area contributed by atoms with Crippen LogP contribution in [0.25, 0.3) is 0 Å². The Morgan fingerprint density at radius 1 is 1.11 bits per heavy atom. The molecule has 2 aromatic carbocycles. The smallest absolute Gasteiger partial charge is 0.279 e. The molecule has 2 aliphatic heterocycles. The molecule has 6 nitrogen and oxygen atoms in total. The quantitative estimate of drug-likeness (QED) is 0.786. The lowest BCUT2D eigenvalue weighted by Crippen LogP contribution is -2.38. The number of anilines is 1. The fourth-order valence-electron chi connectivity index (χ4n) is 3.41. The number of nitrogens with zero attached hydrogens (tertiary/aromatic N) is 2. The number of amidine groups is 1. The molecule has 0 unspecified atom stereocenters. The summed E-state index contributed by atoms with van der Waals surface area (Å²) in [6.45, 7) is 0. The molecule has 0 bridgehead atoms.